The number of ether oxygens (including phenoxy) is 2. The van der Waals surface area contributed by atoms with Crippen LogP contribution in [0.15, 0.2) is 59.5 Å². The van der Waals surface area contributed by atoms with Gasteiger partial charge in [-0.15, -0.1) is 0 Å². The highest BCUT2D eigenvalue weighted by atomic mass is 32.2. The number of hydrogen-bond acceptors (Lipinski definition) is 12. The first kappa shape index (κ1) is 43.5. The van der Waals surface area contributed by atoms with Gasteiger partial charge in [0, 0.05) is 30.8 Å². The lowest BCUT2D eigenvalue weighted by atomic mass is 10.1. The van der Waals surface area contributed by atoms with Gasteiger partial charge in [0.2, 0.25) is 11.8 Å². The molecule has 0 spiro atoms. The monoisotopic (exact) mass is 789 g/mol. The quantitative estimate of drug-likeness (QED) is 0.0315. The number of primary amides is 1. The Morgan fingerprint density at radius 1 is 1.02 bits per heavy atom. The van der Waals surface area contributed by atoms with Crippen LogP contribution < -0.4 is 27.0 Å². The topological polar surface area (TPSA) is 290 Å². The Balaban J connectivity index is 1.73. The molecule has 55 heavy (non-hydrogen) atoms. The molecule has 0 fully saturated rings. The van der Waals surface area contributed by atoms with Crippen molar-refractivity contribution >= 4 is 63.2 Å². The van der Waals surface area contributed by atoms with Crippen LogP contribution in [0.25, 0.3) is 0 Å². The van der Waals surface area contributed by atoms with Crippen LogP contribution in [0.3, 0.4) is 0 Å². The Hall–Kier alpha value is -5.93. The number of carbonyl (C=O) groups excluding carboxylic acids is 8. The van der Waals surface area contributed by atoms with Crippen molar-refractivity contribution in [3.05, 3.63) is 65.0 Å². The number of amides is 8. The SMILES string of the molecule is CCC(=O)OCc1ccc(NC(=O)[C@H](CCCNC(N)=O)NC(=O)C(NC(=O)CN2C(=O)C(N3C(=O)C=CC3=O)=C[C@H]2COCCS(=O)(=O)O)=C(C)C)cc1. The molecule has 2 aliphatic rings. The number of esters is 1. The molecule has 1 aromatic carbocycles. The van der Waals surface area contributed by atoms with Gasteiger partial charge in [-0.3, -0.25) is 38.1 Å². The number of imide groups is 1. The van der Waals surface area contributed by atoms with Crippen LogP contribution in [0, 0.1) is 0 Å². The van der Waals surface area contributed by atoms with Gasteiger partial charge in [0.25, 0.3) is 33.7 Å². The molecule has 21 heteroatoms. The maximum absolute atomic E-state index is 13.6. The summed E-state index contributed by atoms with van der Waals surface area (Å²) in [5, 5.41) is 10.1. The lowest BCUT2D eigenvalue weighted by Crippen LogP contribution is -2.49. The zero-order valence-electron chi connectivity index (χ0n) is 30.3. The van der Waals surface area contributed by atoms with Crippen LogP contribution in [0.4, 0.5) is 10.5 Å². The van der Waals surface area contributed by atoms with Gasteiger partial charge in [0.05, 0.1) is 25.0 Å². The normalized spacial score (nSPS) is 15.7. The van der Waals surface area contributed by atoms with Crippen LogP contribution in [0.1, 0.15) is 45.6 Å². The van der Waals surface area contributed by atoms with E-state index in [-0.39, 0.29) is 49.8 Å². The van der Waals surface area contributed by atoms with E-state index in [0.717, 1.165) is 17.1 Å². The number of allylic oxidation sites excluding steroid dienone is 1. The largest absolute Gasteiger partial charge is 0.461 e. The fraction of sp³-hybridized carbons (Fsp3) is 0.412. The van der Waals surface area contributed by atoms with Crippen LogP contribution in [0.5, 0.6) is 0 Å². The molecule has 7 N–H and O–H groups in total. The third-order valence-electron chi connectivity index (χ3n) is 7.86. The number of benzene rings is 1. The molecule has 0 radical (unpaired) electrons. The van der Waals surface area contributed by atoms with Crippen LogP contribution in [-0.4, -0.2) is 114 Å². The maximum atomic E-state index is 13.6. The smallest absolute Gasteiger partial charge is 0.312 e. The number of rotatable bonds is 20. The summed E-state index contributed by atoms with van der Waals surface area (Å²) in [4.78, 5) is 103. The summed E-state index contributed by atoms with van der Waals surface area (Å²) < 4.78 is 41.6. The molecule has 3 rings (SSSR count). The molecule has 0 aromatic heterocycles. The zero-order chi connectivity index (χ0) is 40.9. The molecule has 0 bridgehead atoms. The van der Waals surface area contributed by atoms with Crippen LogP contribution in [0.2, 0.25) is 0 Å². The van der Waals surface area contributed by atoms with Gasteiger partial charge in [-0.25, -0.2) is 9.69 Å². The second-order valence-electron chi connectivity index (χ2n) is 12.3. The lowest BCUT2D eigenvalue weighted by Gasteiger charge is -2.25. The minimum Gasteiger partial charge on any atom is -0.461 e. The molecule has 0 saturated heterocycles. The minimum atomic E-state index is -4.37. The van der Waals surface area contributed by atoms with E-state index in [2.05, 4.69) is 21.3 Å². The number of nitrogens with one attached hydrogen (secondary N) is 4. The van der Waals surface area contributed by atoms with Crippen molar-refractivity contribution < 1.29 is 60.8 Å². The first-order valence-electron chi connectivity index (χ1n) is 16.9. The Bertz CT molecular complexity index is 1870. The molecule has 0 aliphatic carbocycles. The second-order valence-corrected chi connectivity index (χ2v) is 13.9. The Labute approximate surface area is 316 Å². The Morgan fingerprint density at radius 3 is 2.25 bits per heavy atom. The van der Waals surface area contributed by atoms with E-state index in [4.69, 9.17) is 19.8 Å². The van der Waals surface area contributed by atoms with E-state index in [0.29, 0.717) is 21.7 Å². The number of anilines is 1. The third-order valence-corrected chi connectivity index (χ3v) is 8.54. The molecular formula is C34H43N7O13S. The number of nitrogens with two attached hydrogens (primary N) is 1. The highest BCUT2D eigenvalue weighted by Gasteiger charge is 2.41. The van der Waals surface area contributed by atoms with Gasteiger partial charge in [0.15, 0.2) is 0 Å². The van der Waals surface area contributed by atoms with E-state index >= 15 is 0 Å². The third kappa shape index (κ3) is 13.5. The fourth-order valence-corrected chi connectivity index (χ4v) is 5.41. The predicted molar refractivity (Wildman–Crippen MR) is 192 cm³/mol. The second kappa shape index (κ2) is 19.9. The summed E-state index contributed by atoms with van der Waals surface area (Å²) in [5.74, 6) is -6.07. The van der Waals surface area contributed by atoms with Crippen molar-refractivity contribution in [1.29, 1.82) is 0 Å². The van der Waals surface area contributed by atoms with E-state index in [1.807, 2.05) is 0 Å². The van der Waals surface area contributed by atoms with Gasteiger partial charge in [-0.2, -0.15) is 8.42 Å². The molecule has 1 aromatic rings. The summed E-state index contributed by atoms with van der Waals surface area (Å²) in [7, 11) is -4.37. The molecule has 8 amide bonds. The molecule has 20 nitrogen and oxygen atoms in total. The first-order valence-corrected chi connectivity index (χ1v) is 18.5. The molecule has 298 valence electrons. The molecule has 2 atom stereocenters. The van der Waals surface area contributed by atoms with Gasteiger partial charge in [-0.05, 0) is 56.0 Å². The zero-order valence-corrected chi connectivity index (χ0v) is 31.1. The molecule has 0 unspecified atom stereocenters. The summed E-state index contributed by atoms with van der Waals surface area (Å²) >= 11 is 0. The van der Waals surface area contributed by atoms with E-state index in [1.54, 1.807) is 31.2 Å². The molecule has 0 saturated carbocycles. The minimum absolute atomic E-state index is 0.0195. The van der Waals surface area contributed by atoms with E-state index in [1.165, 1.54) is 19.9 Å². The summed E-state index contributed by atoms with van der Waals surface area (Å²) in [6.45, 7) is 3.19. The van der Waals surface area contributed by atoms with Gasteiger partial charge in [0.1, 0.15) is 30.6 Å². The van der Waals surface area contributed by atoms with E-state index < -0.39 is 89.2 Å². The highest BCUT2D eigenvalue weighted by molar-refractivity contribution is 7.85. The average Bonchev–Trinajstić information content (AvgIpc) is 3.60. The van der Waals surface area contributed by atoms with E-state index in [9.17, 15) is 46.8 Å². The van der Waals surface area contributed by atoms with Crippen molar-refractivity contribution in [3.63, 3.8) is 0 Å². The first-order chi connectivity index (χ1) is 25.9. The summed E-state index contributed by atoms with van der Waals surface area (Å²) in [6, 6.07) is 3.35. The van der Waals surface area contributed by atoms with Gasteiger partial charge >= 0.3 is 12.0 Å². The highest BCUT2D eigenvalue weighted by Crippen LogP contribution is 2.24. The van der Waals surface area contributed by atoms with Crippen molar-refractivity contribution in [3.8, 4) is 0 Å². The maximum Gasteiger partial charge on any atom is 0.312 e. The summed E-state index contributed by atoms with van der Waals surface area (Å²) in [6.07, 6.45) is 3.55. The standard InChI is InChI=1S/C34H43N7O13S/c1-4-29(45)54-18-21-7-9-22(10-8-21)37-31(46)24(6-5-13-36-34(35)49)38-32(47)30(20(2)3)39-26(42)17-40-23(19-53-14-15-55(50,51)52)16-25(33(40)48)41-27(43)11-12-28(41)44/h7-12,16,23-24H,4-6,13-15,17-19H2,1-3H3,(H,37,46)(H,38,47)(H,39,42)(H3,35,36,49)(H,50,51,52)/t23-,24-/m0/s1. The number of carbonyl (C=O) groups is 8. The molecule has 2 heterocycles. The number of urea groups is 1. The Kier molecular flexibility index (Phi) is 15.8. The number of nitrogens with zero attached hydrogens (tertiary/aromatic N) is 2. The fourth-order valence-electron chi connectivity index (χ4n) is 5.08. The van der Waals surface area contributed by atoms with Gasteiger partial charge in [-0.1, -0.05) is 19.1 Å². The van der Waals surface area contributed by atoms with Crippen LogP contribution >= 0.6 is 0 Å². The summed E-state index contributed by atoms with van der Waals surface area (Å²) in [5.41, 5.74) is 5.82. The van der Waals surface area contributed by atoms with Crippen molar-refractivity contribution in [2.24, 2.45) is 5.73 Å². The number of hydrogen-bond donors (Lipinski definition) is 6. The van der Waals surface area contributed by atoms with Crippen molar-refractivity contribution in [1.82, 2.24) is 25.8 Å². The lowest BCUT2D eigenvalue weighted by molar-refractivity contribution is -0.144. The molecular weight excluding hydrogens is 746 g/mol. The molecule has 2 aliphatic heterocycles. The van der Waals surface area contributed by atoms with Crippen molar-refractivity contribution in [2.45, 2.75) is 58.7 Å². The van der Waals surface area contributed by atoms with Gasteiger partial charge < -0.3 is 41.4 Å². The predicted octanol–water partition coefficient (Wildman–Crippen LogP) is -0.654. The average molecular weight is 790 g/mol. The van der Waals surface area contributed by atoms with Crippen LogP contribution in [-0.2, 0) is 59.8 Å². The Morgan fingerprint density at radius 2 is 1.67 bits per heavy atom. The van der Waals surface area contributed by atoms with Crippen molar-refractivity contribution in [2.75, 3.05) is 37.4 Å².